The Bertz CT molecular complexity index is 1310. The molecule has 0 aliphatic heterocycles. The smallest absolute Gasteiger partial charge is 0.269 e. The topological polar surface area (TPSA) is 106 Å². The van der Waals surface area contributed by atoms with Crippen molar-refractivity contribution in [2.45, 2.75) is 33.3 Å². The van der Waals surface area contributed by atoms with Gasteiger partial charge < -0.3 is 14.8 Å². The highest BCUT2D eigenvalue weighted by molar-refractivity contribution is 9.10. The van der Waals surface area contributed by atoms with Gasteiger partial charge in [-0.3, -0.25) is 14.0 Å². The standard InChI is InChI=1S/C25H25BrN4O4/c1-16(2)33-13-5-11-28-23(31)18(15-27)14-21-24(34-20-9-7-19(26)8-10-20)29-22-17(3)6-4-12-30(22)25(21)32/h4,6-10,12,14,16H,5,11,13H2,1-3H3,(H,28,31)/b18-14+. The molecule has 0 spiro atoms. The van der Waals surface area contributed by atoms with Gasteiger partial charge in [0.2, 0.25) is 5.88 Å². The molecule has 0 aliphatic rings. The van der Waals surface area contributed by atoms with Gasteiger partial charge in [0.25, 0.3) is 11.5 Å². The second-order valence-electron chi connectivity index (χ2n) is 7.78. The first-order chi connectivity index (χ1) is 16.3. The number of benzene rings is 1. The number of halogens is 1. The molecule has 2 heterocycles. The Kier molecular flexibility index (Phi) is 8.57. The molecule has 0 radical (unpaired) electrons. The van der Waals surface area contributed by atoms with E-state index in [9.17, 15) is 14.9 Å². The van der Waals surface area contributed by atoms with E-state index in [2.05, 4.69) is 26.2 Å². The summed E-state index contributed by atoms with van der Waals surface area (Å²) in [5.41, 5.74) is 0.520. The summed E-state index contributed by atoms with van der Waals surface area (Å²) in [7, 11) is 0. The monoisotopic (exact) mass is 524 g/mol. The molecule has 34 heavy (non-hydrogen) atoms. The number of fused-ring (bicyclic) bond motifs is 1. The summed E-state index contributed by atoms with van der Waals surface area (Å²) in [4.78, 5) is 30.4. The van der Waals surface area contributed by atoms with Crippen LogP contribution in [0.15, 0.2) is 57.4 Å². The third-order valence-corrected chi connectivity index (χ3v) is 5.32. The van der Waals surface area contributed by atoms with Crippen molar-refractivity contribution in [1.82, 2.24) is 14.7 Å². The minimum Gasteiger partial charge on any atom is -0.438 e. The van der Waals surface area contributed by atoms with Crippen LogP contribution in [0.5, 0.6) is 11.6 Å². The lowest BCUT2D eigenvalue weighted by Gasteiger charge is -2.12. The van der Waals surface area contributed by atoms with E-state index in [4.69, 9.17) is 9.47 Å². The second-order valence-corrected chi connectivity index (χ2v) is 8.69. The van der Waals surface area contributed by atoms with Crippen LogP contribution in [0, 0.1) is 18.3 Å². The molecule has 9 heteroatoms. The summed E-state index contributed by atoms with van der Waals surface area (Å²) < 4.78 is 13.6. The van der Waals surface area contributed by atoms with Crippen LogP contribution in [0.4, 0.5) is 0 Å². The molecular formula is C25H25BrN4O4. The van der Waals surface area contributed by atoms with E-state index in [1.54, 1.807) is 36.5 Å². The lowest BCUT2D eigenvalue weighted by atomic mass is 10.1. The summed E-state index contributed by atoms with van der Waals surface area (Å²) in [6.45, 7) is 6.52. The number of aromatic nitrogens is 2. The van der Waals surface area contributed by atoms with Crippen molar-refractivity contribution in [3.05, 3.63) is 74.1 Å². The number of hydrogen-bond donors (Lipinski definition) is 1. The zero-order valence-electron chi connectivity index (χ0n) is 19.2. The average Bonchev–Trinajstić information content (AvgIpc) is 2.80. The normalized spacial score (nSPS) is 11.5. The van der Waals surface area contributed by atoms with Crippen molar-refractivity contribution >= 4 is 33.6 Å². The molecular weight excluding hydrogens is 500 g/mol. The maximum absolute atomic E-state index is 13.3. The largest absolute Gasteiger partial charge is 0.438 e. The Hall–Kier alpha value is -3.48. The van der Waals surface area contributed by atoms with E-state index in [1.165, 1.54) is 10.5 Å². The third-order valence-electron chi connectivity index (χ3n) is 4.79. The number of carbonyl (C=O) groups is 1. The Morgan fingerprint density at radius 2 is 2.03 bits per heavy atom. The van der Waals surface area contributed by atoms with Crippen molar-refractivity contribution < 1.29 is 14.3 Å². The zero-order valence-corrected chi connectivity index (χ0v) is 20.8. The number of rotatable bonds is 9. The molecule has 0 fully saturated rings. The molecule has 0 unspecified atom stereocenters. The quantitative estimate of drug-likeness (QED) is 0.252. The number of nitriles is 1. The maximum atomic E-state index is 13.3. The minimum atomic E-state index is -0.588. The van der Waals surface area contributed by atoms with E-state index in [1.807, 2.05) is 32.9 Å². The molecule has 1 amide bonds. The fourth-order valence-electron chi connectivity index (χ4n) is 3.09. The van der Waals surface area contributed by atoms with Crippen LogP contribution in [0.25, 0.3) is 11.7 Å². The molecule has 0 bridgehead atoms. The van der Waals surface area contributed by atoms with Gasteiger partial charge in [-0.2, -0.15) is 10.2 Å². The highest BCUT2D eigenvalue weighted by Crippen LogP contribution is 2.26. The number of carbonyl (C=O) groups excluding carboxylic acids is 1. The predicted octanol–water partition coefficient (Wildman–Crippen LogP) is 4.40. The van der Waals surface area contributed by atoms with E-state index in [0.717, 1.165) is 10.0 Å². The Labute approximate surface area is 206 Å². The number of nitrogens with zero attached hydrogens (tertiary/aromatic N) is 3. The van der Waals surface area contributed by atoms with E-state index >= 15 is 0 Å². The van der Waals surface area contributed by atoms with Crippen LogP contribution < -0.4 is 15.6 Å². The molecule has 3 rings (SSSR count). The molecule has 3 aromatic rings. The first-order valence-corrected chi connectivity index (χ1v) is 11.6. The highest BCUT2D eigenvalue weighted by Gasteiger charge is 2.18. The summed E-state index contributed by atoms with van der Waals surface area (Å²) in [6.07, 6.45) is 3.50. The van der Waals surface area contributed by atoms with Crippen molar-refractivity contribution in [2.24, 2.45) is 0 Å². The van der Waals surface area contributed by atoms with Gasteiger partial charge in [-0.25, -0.2) is 0 Å². The van der Waals surface area contributed by atoms with E-state index in [-0.39, 0.29) is 23.1 Å². The average molecular weight is 525 g/mol. The number of ether oxygens (including phenoxy) is 2. The number of hydrogen-bond acceptors (Lipinski definition) is 6. The van der Waals surface area contributed by atoms with Crippen molar-refractivity contribution in [3.63, 3.8) is 0 Å². The Morgan fingerprint density at radius 3 is 2.71 bits per heavy atom. The molecule has 8 nitrogen and oxygen atoms in total. The van der Waals surface area contributed by atoms with Gasteiger partial charge in [-0.15, -0.1) is 0 Å². The third kappa shape index (κ3) is 6.31. The molecule has 0 atom stereocenters. The first-order valence-electron chi connectivity index (χ1n) is 10.8. The summed E-state index contributed by atoms with van der Waals surface area (Å²) >= 11 is 3.37. The van der Waals surface area contributed by atoms with Crippen molar-refractivity contribution in [1.29, 1.82) is 5.26 Å². The van der Waals surface area contributed by atoms with Gasteiger partial charge in [0.1, 0.15) is 28.6 Å². The number of pyridine rings is 1. The number of aryl methyl sites for hydroxylation is 1. The lowest BCUT2D eigenvalue weighted by Crippen LogP contribution is -2.27. The zero-order chi connectivity index (χ0) is 24.7. The summed E-state index contributed by atoms with van der Waals surface area (Å²) in [5, 5.41) is 12.3. The summed E-state index contributed by atoms with van der Waals surface area (Å²) in [6, 6.07) is 12.5. The van der Waals surface area contributed by atoms with Crippen LogP contribution in [0.3, 0.4) is 0 Å². The number of nitrogens with one attached hydrogen (secondary N) is 1. The van der Waals surface area contributed by atoms with Crippen molar-refractivity contribution in [3.8, 4) is 17.7 Å². The van der Waals surface area contributed by atoms with Gasteiger partial charge in [0.15, 0.2) is 0 Å². The fourth-order valence-corrected chi connectivity index (χ4v) is 3.35. The van der Waals surface area contributed by atoms with Gasteiger partial charge in [-0.1, -0.05) is 22.0 Å². The molecule has 0 aliphatic carbocycles. The molecule has 1 aromatic carbocycles. The second kappa shape index (κ2) is 11.6. The van der Waals surface area contributed by atoms with Crippen LogP contribution in [0.2, 0.25) is 0 Å². The van der Waals surface area contributed by atoms with Gasteiger partial charge >= 0.3 is 0 Å². The first kappa shape index (κ1) is 25.1. The predicted molar refractivity (Wildman–Crippen MR) is 133 cm³/mol. The molecule has 1 N–H and O–H groups in total. The van der Waals surface area contributed by atoms with E-state index < -0.39 is 11.5 Å². The Morgan fingerprint density at radius 1 is 1.29 bits per heavy atom. The van der Waals surface area contributed by atoms with Gasteiger partial charge in [-0.05, 0) is 69.2 Å². The minimum absolute atomic E-state index is 0.000796. The van der Waals surface area contributed by atoms with E-state index in [0.29, 0.717) is 31.0 Å². The van der Waals surface area contributed by atoms with Crippen molar-refractivity contribution in [2.75, 3.05) is 13.2 Å². The number of amides is 1. The van der Waals surface area contributed by atoms with Gasteiger partial charge in [0.05, 0.1) is 6.10 Å². The van der Waals surface area contributed by atoms with Crippen LogP contribution in [0.1, 0.15) is 31.4 Å². The fraction of sp³-hybridized carbons (Fsp3) is 0.280. The van der Waals surface area contributed by atoms with Crippen LogP contribution in [-0.2, 0) is 9.53 Å². The lowest BCUT2D eigenvalue weighted by molar-refractivity contribution is -0.117. The molecule has 0 saturated heterocycles. The van der Waals surface area contributed by atoms with Crippen LogP contribution >= 0.6 is 15.9 Å². The Balaban J connectivity index is 1.98. The maximum Gasteiger partial charge on any atom is 0.269 e. The highest BCUT2D eigenvalue weighted by atomic mass is 79.9. The van der Waals surface area contributed by atoms with Crippen LogP contribution in [-0.4, -0.2) is 34.5 Å². The molecule has 0 saturated carbocycles. The molecule has 2 aromatic heterocycles. The molecule has 176 valence electrons. The SMILES string of the molecule is Cc1cccn2c(=O)c(/C=C(\C#N)C(=O)NCCCOC(C)C)c(Oc3ccc(Br)cc3)nc12. The summed E-state index contributed by atoms with van der Waals surface area (Å²) in [5.74, 6) is -0.126. The van der Waals surface area contributed by atoms with Gasteiger partial charge in [0, 0.05) is 23.8 Å².